The van der Waals surface area contributed by atoms with E-state index >= 15 is 0 Å². The second-order valence-corrected chi connectivity index (χ2v) is 4.18. The van der Waals surface area contributed by atoms with Crippen LogP contribution in [0.25, 0.3) is 22.0 Å². The minimum Gasteiger partial charge on any atom is -0.361 e. The summed E-state index contributed by atoms with van der Waals surface area (Å²) < 4.78 is 14.1. The van der Waals surface area contributed by atoms with Gasteiger partial charge in [0.2, 0.25) is 0 Å². The van der Waals surface area contributed by atoms with E-state index in [0.717, 1.165) is 16.5 Å². The number of H-pyrrole nitrogens is 1. The van der Waals surface area contributed by atoms with E-state index < -0.39 is 0 Å². The van der Waals surface area contributed by atoms with Gasteiger partial charge in [0.25, 0.3) is 0 Å². The van der Waals surface area contributed by atoms with Crippen LogP contribution in [-0.2, 0) is 0 Å². The second kappa shape index (κ2) is 3.74. The molecule has 0 atom stereocenters. The van der Waals surface area contributed by atoms with Crippen LogP contribution < -0.4 is 0 Å². The van der Waals surface area contributed by atoms with Crippen LogP contribution in [0.1, 0.15) is 5.56 Å². The predicted molar refractivity (Wildman–Crippen MR) is 68.4 cm³/mol. The summed E-state index contributed by atoms with van der Waals surface area (Å²) in [6.07, 6.45) is 1.88. The number of aromatic amines is 1. The van der Waals surface area contributed by atoms with Crippen LogP contribution in [0.4, 0.5) is 4.39 Å². The zero-order valence-electron chi connectivity index (χ0n) is 9.50. The molecule has 1 heterocycles. The molecule has 2 heteroatoms. The van der Waals surface area contributed by atoms with Crippen molar-refractivity contribution in [2.45, 2.75) is 6.92 Å². The van der Waals surface area contributed by atoms with Crippen LogP contribution in [-0.4, -0.2) is 4.98 Å². The molecule has 0 bridgehead atoms. The number of hydrogen-bond donors (Lipinski definition) is 1. The zero-order valence-corrected chi connectivity index (χ0v) is 9.50. The van der Waals surface area contributed by atoms with Gasteiger partial charge in [-0.1, -0.05) is 30.3 Å². The molecule has 0 spiro atoms. The highest BCUT2D eigenvalue weighted by atomic mass is 19.1. The molecule has 1 aromatic heterocycles. The molecule has 3 rings (SSSR count). The fourth-order valence-electron chi connectivity index (χ4n) is 2.18. The molecule has 1 nitrogen and oxygen atoms in total. The number of fused-ring (bicyclic) bond motifs is 1. The zero-order chi connectivity index (χ0) is 11.8. The Balaban J connectivity index is 2.34. The van der Waals surface area contributed by atoms with Gasteiger partial charge in [-0.15, -0.1) is 0 Å². The van der Waals surface area contributed by atoms with E-state index in [1.807, 2.05) is 42.6 Å². The fourth-order valence-corrected chi connectivity index (χ4v) is 2.18. The molecule has 0 radical (unpaired) electrons. The maximum Gasteiger partial charge on any atom is 0.133 e. The summed E-state index contributed by atoms with van der Waals surface area (Å²) >= 11 is 0. The lowest BCUT2D eigenvalue weighted by Crippen LogP contribution is -1.88. The molecule has 17 heavy (non-hydrogen) atoms. The monoisotopic (exact) mass is 225 g/mol. The van der Waals surface area contributed by atoms with Gasteiger partial charge in [0, 0.05) is 22.7 Å². The predicted octanol–water partition coefficient (Wildman–Crippen LogP) is 4.28. The number of benzene rings is 2. The van der Waals surface area contributed by atoms with Crippen molar-refractivity contribution in [1.82, 2.24) is 4.98 Å². The molecule has 0 saturated carbocycles. The van der Waals surface area contributed by atoms with E-state index in [4.69, 9.17) is 0 Å². The van der Waals surface area contributed by atoms with Gasteiger partial charge in [-0.2, -0.15) is 0 Å². The van der Waals surface area contributed by atoms with Gasteiger partial charge in [0.15, 0.2) is 0 Å². The first-order valence-corrected chi connectivity index (χ1v) is 5.59. The SMILES string of the molecule is Cc1cccc(-c2cccc3[nH]ccc23)c1F. The third-order valence-electron chi connectivity index (χ3n) is 3.08. The number of halogens is 1. The standard InChI is InChI=1S/C15H12FN/c1-10-4-2-6-13(15(10)16)11-5-3-7-14-12(11)8-9-17-14/h2-9,17H,1H3. The van der Waals surface area contributed by atoms with Crippen LogP contribution in [0.3, 0.4) is 0 Å². The van der Waals surface area contributed by atoms with E-state index in [0.29, 0.717) is 11.1 Å². The van der Waals surface area contributed by atoms with Gasteiger partial charge >= 0.3 is 0 Å². The number of aryl methyl sites for hydroxylation is 1. The molecular formula is C15H12FN. The van der Waals surface area contributed by atoms with E-state index in [-0.39, 0.29) is 5.82 Å². The highest BCUT2D eigenvalue weighted by Crippen LogP contribution is 2.30. The Labute approximate surface area is 98.9 Å². The molecule has 1 N–H and O–H groups in total. The Morgan fingerprint density at radius 2 is 1.71 bits per heavy atom. The molecule has 0 fully saturated rings. The number of hydrogen-bond acceptors (Lipinski definition) is 0. The van der Waals surface area contributed by atoms with Crippen LogP contribution in [0.5, 0.6) is 0 Å². The van der Waals surface area contributed by atoms with Gasteiger partial charge in [0.1, 0.15) is 5.82 Å². The van der Waals surface area contributed by atoms with Crippen molar-refractivity contribution < 1.29 is 4.39 Å². The molecule has 0 aliphatic heterocycles. The van der Waals surface area contributed by atoms with Crippen LogP contribution in [0.15, 0.2) is 48.7 Å². The van der Waals surface area contributed by atoms with Crippen LogP contribution in [0.2, 0.25) is 0 Å². The van der Waals surface area contributed by atoms with E-state index in [1.165, 1.54) is 0 Å². The van der Waals surface area contributed by atoms with Gasteiger partial charge in [0.05, 0.1) is 0 Å². The summed E-state index contributed by atoms with van der Waals surface area (Å²) in [6.45, 7) is 1.79. The molecular weight excluding hydrogens is 213 g/mol. The van der Waals surface area contributed by atoms with Crippen molar-refractivity contribution in [2.75, 3.05) is 0 Å². The van der Waals surface area contributed by atoms with Crippen molar-refractivity contribution in [3.63, 3.8) is 0 Å². The lowest BCUT2D eigenvalue weighted by Gasteiger charge is -2.07. The number of aromatic nitrogens is 1. The molecule has 0 aliphatic carbocycles. The van der Waals surface area contributed by atoms with Gasteiger partial charge < -0.3 is 4.98 Å². The Morgan fingerprint density at radius 1 is 0.941 bits per heavy atom. The summed E-state index contributed by atoms with van der Waals surface area (Å²) in [6, 6.07) is 13.4. The summed E-state index contributed by atoms with van der Waals surface area (Å²) in [5, 5.41) is 1.05. The lowest BCUT2D eigenvalue weighted by molar-refractivity contribution is 0.622. The van der Waals surface area contributed by atoms with Crippen molar-refractivity contribution in [3.05, 3.63) is 60.0 Å². The first kappa shape index (κ1) is 10.1. The van der Waals surface area contributed by atoms with E-state index in [1.54, 1.807) is 13.0 Å². The van der Waals surface area contributed by atoms with Crippen LogP contribution in [0, 0.1) is 12.7 Å². The maximum atomic E-state index is 14.1. The van der Waals surface area contributed by atoms with Crippen molar-refractivity contribution in [3.8, 4) is 11.1 Å². The molecule has 0 unspecified atom stereocenters. The third-order valence-corrected chi connectivity index (χ3v) is 3.08. The average Bonchev–Trinajstić information content (AvgIpc) is 2.81. The first-order valence-electron chi connectivity index (χ1n) is 5.59. The Bertz CT molecular complexity index is 682. The second-order valence-electron chi connectivity index (χ2n) is 4.18. The van der Waals surface area contributed by atoms with Gasteiger partial charge in [-0.05, 0) is 30.2 Å². The lowest BCUT2D eigenvalue weighted by atomic mass is 9.99. The Morgan fingerprint density at radius 3 is 2.59 bits per heavy atom. The largest absolute Gasteiger partial charge is 0.361 e. The molecule has 2 aromatic carbocycles. The molecule has 0 aliphatic rings. The van der Waals surface area contributed by atoms with Gasteiger partial charge in [-0.3, -0.25) is 0 Å². The Kier molecular flexibility index (Phi) is 2.22. The highest BCUT2D eigenvalue weighted by molar-refractivity contribution is 5.95. The summed E-state index contributed by atoms with van der Waals surface area (Å²) in [7, 11) is 0. The van der Waals surface area contributed by atoms with Crippen molar-refractivity contribution in [2.24, 2.45) is 0 Å². The summed E-state index contributed by atoms with van der Waals surface area (Å²) in [5.41, 5.74) is 3.30. The number of rotatable bonds is 1. The van der Waals surface area contributed by atoms with E-state index in [2.05, 4.69) is 4.98 Å². The topological polar surface area (TPSA) is 15.8 Å². The quantitative estimate of drug-likeness (QED) is 0.636. The minimum atomic E-state index is -0.138. The maximum absolute atomic E-state index is 14.1. The van der Waals surface area contributed by atoms with Gasteiger partial charge in [-0.25, -0.2) is 4.39 Å². The molecule has 3 aromatic rings. The normalized spacial score (nSPS) is 10.9. The van der Waals surface area contributed by atoms with Crippen molar-refractivity contribution in [1.29, 1.82) is 0 Å². The Hall–Kier alpha value is -2.09. The third kappa shape index (κ3) is 1.53. The highest BCUT2D eigenvalue weighted by Gasteiger charge is 2.10. The first-order chi connectivity index (χ1) is 8.27. The summed E-state index contributed by atoms with van der Waals surface area (Å²) in [4.78, 5) is 3.14. The smallest absolute Gasteiger partial charge is 0.133 e. The number of nitrogens with one attached hydrogen (secondary N) is 1. The fraction of sp³-hybridized carbons (Fsp3) is 0.0667. The van der Waals surface area contributed by atoms with Crippen LogP contribution >= 0.6 is 0 Å². The van der Waals surface area contributed by atoms with E-state index in [9.17, 15) is 4.39 Å². The molecule has 0 saturated heterocycles. The van der Waals surface area contributed by atoms with Crippen molar-refractivity contribution >= 4 is 10.9 Å². The minimum absolute atomic E-state index is 0.138. The summed E-state index contributed by atoms with van der Waals surface area (Å²) in [5.74, 6) is -0.138. The average molecular weight is 225 g/mol. The molecule has 84 valence electrons. The molecule has 0 amide bonds.